The van der Waals surface area contributed by atoms with Gasteiger partial charge in [0.15, 0.2) is 0 Å². The summed E-state index contributed by atoms with van der Waals surface area (Å²) in [5.74, 6) is 0. The molecule has 1 fully saturated rings. The first kappa shape index (κ1) is 12.9. The molecule has 8 heteroatoms. The second kappa shape index (κ2) is 5.46. The first-order valence-electron chi connectivity index (χ1n) is 6.39. The van der Waals surface area contributed by atoms with Crippen LogP contribution in [0.3, 0.4) is 0 Å². The van der Waals surface area contributed by atoms with Crippen molar-refractivity contribution in [3.63, 3.8) is 0 Å². The van der Waals surface area contributed by atoms with E-state index in [4.69, 9.17) is 11.0 Å². The van der Waals surface area contributed by atoms with Crippen LogP contribution in [0.5, 0.6) is 0 Å². The van der Waals surface area contributed by atoms with Gasteiger partial charge in [-0.05, 0) is 41.1 Å². The van der Waals surface area contributed by atoms with Crippen LogP contribution in [0.2, 0.25) is 0 Å². The summed E-state index contributed by atoms with van der Waals surface area (Å²) in [6.45, 7) is 0. The number of nitrogen functional groups attached to an aromatic ring is 1. The van der Waals surface area contributed by atoms with Crippen molar-refractivity contribution in [2.24, 2.45) is 0 Å². The van der Waals surface area contributed by atoms with E-state index in [9.17, 15) is 0 Å². The van der Waals surface area contributed by atoms with E-state index in [1.807, 2.05) is 4.68 Å². The Kier molecular flexibility index (Phi) is 3.52. The SMILES string of the molecule is N#Cc1cc(N)cnc1Sc1nnnn1C1CCCC1. The molecule has 102 valence electrons. The Hall–Kier alpha value is -2.14. The van der Waals surface area contributed by atoms with Crippen molar-refractivity contribution in [2.75, 3.05) is 5.73 Å². The molecular formula is C12H13N7S. The van der Waals surface area contributed by atoms with Crippen LogP contribution in [-0.4, -0.2) is 25.2 Å². The highest BCUT2D eigenvalue weighted by atomic mass is 32.2. The monoisotopic (exact) mass is 287 g/mol. The quantitative estimate of drug-likeness (QED) is 0.917. The fraction of sp³-hybridized carbons (Fsp3) is 0.417. The molecule has 0 radical (unpaired) electrons. The molecule has 1 aliphatic carbocycles. The summed E-state index contributed by atoms with van der Waals surface area (Å²) in [4.78, 5) is 4.20. The molecule has 3 rings (SSSR count). The van der Waals surface area contributed by atoms with E-state index in [0.717, 1.165) is 12.8 Å². The van der Waals surface area contributed by atoms with Crippen LogP contribution in [-0.2, 0) is 0 Å². The summed E-state index contributed by atoms with van der Waals surface area (Å²) in [7, 11) is 0. The number of tetrazole rings is 1. The van der Waals surface area contributed by atoms with Crippen molar-refractivity contribution in [1.29, 1.82) is 5.26 Å². The summed E-state index contributed by atoms with van der Waals surface area (Å²) in [5.41, 5.74) is 6.55. The zero-order valence-corrected chi connectivity index (χ0v) is 11.5. The van der Waals surface area contributed by atoms with Crippen LogP contribution in [0.1, 0.15) is 37.3 Å². The first-order valence-corrected chi connectivity index (χ1v) is 7.21. The fourth-order valence-corrected chi connectivity index (χ4v) is 3.20. The number of nitrogens with zero attached hydrogens (tertiary/aromatic N) is 6. The number of rotatable bonds is 3. The number of nitriles is 1. The molecule has 2 aromatic rings. The smallest absolute Gasteiger partial charge is 0.215 e. The lowest BCUT2D eigenvalue weighted by molar-refractivity contribution is 0.423. The van der Waals surface area contributed by atoms with Gasteiger partial charge in [-0.15, -0.1) is 5.10 Å². The number of hydrogen-bond donors (Lipinski definition) is 1. The maximum Gasteiger partial charge on any atom is 0.215 e. The Morgan fingerprint density at radius 2 is 2.20 bits per heavy atom. The van der Waals surface area contributed by atoms with Crippen molar-refractivity contribution < 1.29 is 0 Å². The van der Waals surface area contributed by atoms with E-state index in [0.29, 0.717) is 27.5 Å². The number of anilines is 1. The van der Waals surface area contributed by atoms with E-state index in [1.165, 1.54) is 30.8 Å². The van der Waals surface area contributed by atoms with Gasteiger partial charge in [-0.1, -0.05) is 12.8 Å². The highest BCUT2D eigenvalue weighted by molar-refractivity contribution is 7.99. The molecule has 2 aromatic heterocycles. The number of pyridine rings is 1. The van der Waals surface area contributed by atoms with Crippen molar-refractivity contribution in [2.45, 2.75) is 41.9 Å². The van der Waals surface area contributed by atoms with Gasteiger partial charge in [0.05, 0.1) is 23.5 Å². The predicted octanol–water partition coefficient (Wildman–Crippen LogP) is 1.79. The minimum Gasteiger partial charge on any atom is -0.397 e. The Morgan fingerprint density at radius 1 is 1.40 bits per heavy atom. The summed E-state index contributed by atoms with van der Waals surface area (Å²) in [5, 5.41) is 22.2. The third-order valence-electron chi connectivity index (χ3n) is 3.31. The third kappa shape index (κ3) is 2.44. The molecule has 20 heavy (non-hydrogen) atoms. The Balaban J connectivity index is 1.89. The topological polar surface area (TPSA) is 106 Å². The molecule has 0 amide bonds. The van der Waals surface area contributed by atoms with Gasteiger partial charge >= 0.3 is 0 Å². The lowest BCUT2D eigenvalue weighted by Gasteiger charge is -2.10. The Morgan fingerprint density at radius 3 is 2.95 bits per heavy atom. The molecule has 0 atom stereocenters. The average molecular weight is 287 g/mol. The van der Waals surface area contributed by atoms with Crippen LogP contribution >= 0.6 is 11.8 Å². The van der Waals surface area contributed by atoms with Crippen molar-refractivity contribution in [3.05, 3.63) is 17.8 Å². The molecule has 1 aliphatic rings. The maximum absolute atomic E-state index is 9.13. The van der Waals surface area contributed by atoms with Gasteiger partial charge in [-0.25, -0.2) is 9.67 Å². The first-order chi connectivity index (χ1) is 9.78. The van der Waals surface area contributed by atoms with Crippen LogP contribution in [0.25, 0.3) is 0 Å². The molecule has 0 spiro atoms. The van der Waals surface area contributed by atoms with Crippen molar-refractivity contribution >= 4 is 17.4 Å². The molecule has 7 nitrogen and oxygen atoms in total. The molecular weight excluding hydrogens is 274 g/mol. The molecule has 2 N–H and O–H groups in total. The number of nitrogens with two attached hydrogens (primary N) is 1. The maximum atomic E-state index is 9.13. The predicted molar refractivity (Wildman–Crippen MR) is 72.8 cm³/mol. The van der Waals surface area contributed by atoms with E-state index >= 15 is 0 Å². The summed E-state index contributed by atoms with van der Waals surface area (Å²) >= 11 is 1.31. The van der Waals surface area contributed by atoms with Crippen LogP contribution in [0, 0.1) is 11.3 Å². The number of hydrogen-bond acceptors (Lipinski definition) is 7. The van der Waals surface area contributed by atoms with E-state index in [1.54, 1.807) is 6.07 Å². The normalized spacial score (nSPS) is 15.3. The average Bonchev–Trinajstić information content (AvgIpc) is 3.11. The summed E-state index contributed by atoms with van der Waals surface area (Å²) < 4.78 is 1.84. The third-order valence-corrected chi connectivity index (χ3v) is 4.28. The second-order valence-corrected chi connectivity index (χ2v) is 5.64. The van der Waals surface area contributed by atoms with Crippen LogP contribution in [0.15, 0.2) is 22.4 Å². The highest BCUT2D eigenvalue weighted by Gasteiger charge is 2.22. The molecule has 0 bridgehead atoms. The van der Waals surface area contributed by atoms with E-state index in [-0.39, 0.29) is 0 Å². The molecule has 0 aromatic carbocycles. The minimum atomic E-state index is 0.354. The lowest BCUT2D eigenvalue weighted by Crippen LogP contribution is -2.08. The Bertz CT molecular complexity index is 654. The summed E-state index contributed by atoms with van der Waals surface area (Å²) in [6, 6.07) is 4.06. The van der Waals surface area contributed by atoms with E-state index < -0.39 is 0 Å². The number of aromatic nitrogens is 5. The highest BCUT2D eigenvalue weighted by Crippen LogP contribution is 2.34. The van der Waals surface area contributed by atoms with E-state index in [2.05, 4.69) is 26.6 Å². The van der Waals surface area contributed by atoms with Gasteiger partial charge in [-0.3, -0.25) is 0 Å². The zero-order chi connectivity index (χ0) is 13.9. The van der Waals surface area contributed by atoms with Crippen LogP contribution < -0.4 is 5.73 Å². The molecule has 0 saturated heterocycles. The van der Waals surface area contributed by atoms with Gasteiger partial charge in [0, 0.05) is 0 Å². The van der Waals surface area contributed by atoms with Gasteiger partial charge in [0.2, 0.25) is 5.16 Å². The largest absolute Gasteiger partial charge is 0.397 e. The molecule has 1 saturated carbocycles. The summed E-state index contributed by atoms with van der Waals surface area (Å²) in [6.07, 6.45) is 6.14. The zero-order valence-electron chi connectivity index (χ0n) is 10.7. The fourth-order valence-electron chi connectivity index (χ4n) is 2.35. The Labute approximate surface area is 120 Å². The molecule has 0 unspecified atom stereocenters. The van der Waals surface area contributed by atoms with Gasteiger partial charge < -0.3 is 5.73 Å². The lowest BCUT2D eigenvalue weighted by atomic mass is 10.3. The molecule has 2 heterocycles. The standard InChI is InChI=1S/C12H13N7S/c13-6-8-5-9(14)7-15-11(8)20-12-16-17-18-19(12)10-3-1-2-4-10/h5,7,10H,1-4,14H2. The molecule has 0 aliphatic heterocycles. The van der Waals surface area contributed by atoms with Crippen molar-refractivity contribution in [3.8, 4) is 6.07 Å². The van der Waals surface area contributed by atoms with Crippen molar-refractivity contribution in [1.82, 2.24) is 25.2 Å². The van der Waals surface area contributed by atoms with Crippen LogP contribution in [0.4, 0.5) is 5.69 Å². The van der Waals surface area contributed by atoms with Gasteiger partial charge in [-0.2, -0.15) is 5.26 Å². The minimum absolute atomic E-state index is 0.354. The van der Waals surface area contributed by atoms with Gasteiger partial charge in [0.1, 0.15) is 11.1 Å². The van der Waals surface area contributed by atoms with Gasteiger partial charge in [0.25, 0.3) is 0 Å². The second-order valence-electron chi connectivity index (χ2n) is 4.68.